The second-order valence-corrected chi connectivity index (χ2v) is 6.93. The van der Waals surface area contributed by atoms with Crippen LogP contribution < -0.4 is 5.32 Å². The number of aromatic nitrogens is 5. The molecule has 0 bridgehead atoms. The smallest absolute Gasteiger partial charge is 0.159 e. The average molecular weight is 362 g/mol. The van der Waals surface area contributed by atoms with Gasteiger partial charge in [0.1, 0.15) is 5.03 Å². The van der Waals surface area contributed by atoms with Gasteiger partial charge in [-0.25, -0.2) is 9.97 Å². The molecular formula is C19H18N6S. The molecule has 0 saturated carbocycles. The van der Waals surface area contributed by atoms with Gasteiger partial charge in [-0.2, -0.15) is 10.3 Å². The lowest BCUT2D eigenvalue weighted by Gasteiger charge is -2.06. The predicted octanol–water partition coefficient (Wildman–Crippen LogP) is 3.30. The van der Waals surface area contributed by atoms with Gasteiger partial charge in [0.2, 0.25) is 0 Å². The molecule has 4 rings (SSSR count). The average Bonchev–Trinajstić information content (AvgIpc) is 3.21. The third kappa shape index (κ3) is 4.07. The van der Waals surface area contributed by atoms with Crippen molar-refractivity contribution in [3.8, 4) is 11.4 Å². The van der Waals surface area contributed by atoms with E-state index < -0.39 is 0 Å². The lowest BCUT2D eigenvalue weighted by atomic mass is 10.1. The van der Waals surface area contributed by atoms with Gasteiger partial charge in [-0.05, 0) is 16.8 Å². The summed E-state index contributed by atoms with van der Waals surface area (Å²) in [5.41, 5.74) is 2.10. The third-order valence-corrected chi connectivity index (χ3v) is 4.86. The maximum absolute atomic E-state index is 4.52. The first-order chi connectivity index (χ1) is 12.9. The summed E-state index contributed by atoms with van der Waals surface area (Å²) >= 11 is 1.66. The Morgan fingerprint density at radius 1 is 0.962 bits per heavy atom. The van der Waals surface area contributed by atoms with Crippen LogP contribution in [0.2, 0.25) is 0 Å². The monoisotopic (exact) mass is 362 g/mol. The molecule has 26 heavy (non-hydrogen) atoms. The van der Waals surface area contributed by atoms with E-state index in [-0.39, 0.29) is 0 Å². The topological polar surface area (TPSA) is 79.4 Å². The van der Waals surface area contributed by atoms with E-state index >= 15 is 0 Å². The third-order valence-electron chi connectivity index (χ3n) is 3.96. The van der Waals surface area contributed by atoms with Gasteiger partial charge < -0.3 is 5.32 Å². The minimum atomic E-state index is 0.747. The quantitative estimate of drug-likeness (QED) is 0.388. The number of hydrogen-bond donors (Lipinski definition) is 2. The first kappa shape index (κ1) is 16.7. The number of thioether (sulfide) groups is 1. The van der Waals surface area contributed by atoms with E-state index in [2.05, 4.69) is 61.0 Å². The van der Waals surface area contributed by atoms with Gasteiger partial charge in [0.15, 0.2) is 5.82 Å². The standard InChI is InChI=1S/C19H18N6S/c1-2-4-16-9-17(6-5-15(16)3-1)19-21-11-14(12-22-19)10-20-7-8-26-18-13-23-25-24-18/h1-6,9,11-13,20H,7-8,10H2,(H,23,24,25). The molecular weight excluding hydrogens is 344 g/mol. The van der Waals surface area contributed by atoms with Crippen LogP contribution in [0.5, 0.6) is 0 Å². The fourth-order valence-electron chi connectivity index (χ4n) is 2.64. The highest BCUT2D eigenvalue weighted by Gasteiger charge is 2.03. The van der Waals surface area contributed by atoms with Crippen LogP contribution in [-0.4, -0.2) is 37.7 Å². The Balaban J connectivity index is 1.32. The Morgan fingerprint density at radius 3 is 2.62 bits per heavy atom. The highest BCUT2D eigenvalue weighted by atomic mass is 32.2. The zero-order valence-corrected chi connectivity index (χ0v) is 14.9. The van der Waals surface area contributed by atoms with Gasteiger partial charge in [-0.1, -0.05) is 36.4 Å². The van der Waals surface area contributed by atoms with Crippen molar-refractivity contribution in [3.05, 3.63) is 66.6 Å². The molecule has 0 unspecified atom stereocenters. The van der Waals surface area contributed by atoms with E-state index in [1.807, 2.05) is 24.5 Å². The van der Waals surface area contributed by atoms with E-state index in [0.717, 1.165) is 40.8 Å². The largest absolute Gasteiger partial charge is 0.312 e. The second kappa shape index (κ2) is 8.07. The van der Waals surface area contributed by atoms with Crippen molar-refractivity contribution < 1.29 is 0 Å². The Hall–Kier alpha value is -2.77. The summed E-state index contributed by atoms with van der Waals surface area (Å²) in [4.78, 5) is 9.03. The van der Waals surface area contributed by atoms with Crippen LogP contribution in [0.25, 0.3) is 22.2 Å². The molecule has 4 aromatic rings. The molecule has 0 spiro atoms. The van der Waals surface area contributed by atoms with Crippen LogP contribution in [0.3, 0.4) is 0 Å². The molecule has 0 aliphatic rings. The Morgan fingerprint density at radius 2 is 1.81 bits per heavy atom. The van der Waals surface area contributed by atoms with Crippen LogP contribution in [0, 0.1) is 0 Å². The number of hydrogen-bond acceptors (Lipinski definition) is 6. The van der Waals surface area contributed by atoms with Gasteiger partial charge in [0.25, 0.3) is 0 Å². The summed E-state index contributed by atoms with van der Waals surface area (Å²) in [7, 11) is 0. The fraction of sp³-hybridized carbons (Fsp3) is 0.158. The van der Waals surface area contributed by atoms with Gasteiger partial charge in [-0.3, -0.25) is 0 Å². The van der Waals surface area contributed by atoms with Crippen molar-refractivity contribution in [2.45, 2.75) is 11.6 Å². The number of fused-ring (bicyclic) bond motifs is 1. The summed E-state index contributed by atoms with van der Waals surface area (Å²) in [6.07, 6.45) is 5.49. The highest BCUT2D eigenvalue weighted by Crippen LogP contribution is 2.21. The van der Waals surface area contributed by atoms with E-state index in [1.165, 1.54) is 10.8 Å². The molecule has 130 valence electrons. The summed E-state index contributed by atoms with van der Waals surface area (Å²) in [6.45, 7) is 1.63. The molecule has 7 heteroatoms. The van der Waals surface area contributed by atoms with Crippen LogP contribution in [0.4, 0.5) is 0 Å². The lowest BCUT2D eigenvalue weighted by molar-refractivity contribution is 0.726. The van der Waals surface area contributed by atoms with Crippen LogP contribution in [-0.2, 0) is 6.54 Å². The minimum Gasteiger partial charge on any atom is -0.312 e. The Labute approximate surface area is 155 Å². The van der Waals surface area contributed by atoms with Crippen LogP contribution in [0.1, 0.15) is 5.56 Å². The van der Waals surface area contributed by atoms with Gasteiger partial charge in [0, 0.05) is 42.4 Å². The summed E-state index contributed by atoms with van der Waals surface area (Å²) in [5.74, 6) is 1.68. The predicted molar refractivity (Wildman–Crippen MR) is 104 cm³/mol. The number of aromatic amines is 1. The van der Waals surface area contributed by atoms with E-state index in [0.29, 0.717) is 0 Å². The number of nitrogens with one attached hydrogen (secondary N) is 2. The highest BCUT2D eigenvalue weighted by molar-refractivity contribution is 7.99. The number of nitrogens with zero attached hydrogens (tertiary/aromatic N) is 4. The fourth-order valence-corrected chi connectivity index (χ4v) is 3.33. The molecule has 0 radical (unpaired) electrons. The van der Waals surface area contributed by atoms with E-state index in [9.17, 15) is 0 Å². The summed E-state index contributed by atoms with van der Waals surface area (Å²) in [6, 6.07) is 14.6. The number of benzene rings is 2. The summed E-state index contributed by atoms with van der Waals surface area (Å²) in [5, 5.41) is 17.1. The second-order valence-electron chi connectivity index (χ2n) is 5.81. The first-order valence-corrected chi connectivity index (χ1v) is 9.36. The van der Waals surface area contributed by atoms with Crippen LogP contribution >= 0.6 is 11.8 Å². The molecule has 6 nitrogen and oxygen atoms in total. The van der Waals surface area contributed by atoms with Gasteiger partial charge >= 0.3 is 0 Å². The molecule has 0 saturated heterocycles. The normalized spacial score (nSPS) is 11.1. The molecule has 2 N–H and O–H groups in total. The Kier molecular flexibility index (Phi) is 5.18. The van der Waals surface area contributed by atoms with E-state index in [4.69, 9.17) is 0 Å². The van der Waals surface area contributed by atoms with E-state index in [1.54, 1.807) is 18.0 Å². The molecule has 2 heterocycles. The molecule has 2 aromatic carbocycles. The van der Waals surface area contributed by atoms with Gasteiger partial charge in [0.05, 0.1) is 6.20 Å². The molecule has 2 aromatic heterocycles. The maximum Gasteiger partial charge on any atom is 0.159 e. The minimum absolute atomic E-state index is 0.747. The summed E-state index contributed by atoms with van der Waals surface area (Å²) < 4.78 is 0. The SMILES string of the molecule is c1ccc2cc(-c3ncc(CNCCSc4cn[nH]n4)cn3)ccc2c1. The molecule has 0 aliphatic heterocycles. The molecule has 0 fully saturated rings. The van der Waals surface area contributed by atoms with Gasteiger partial charge in [-0.15, -0.1) is 16.9 Å². The molecule has 0 atom stereocenters. The van der Waals surface area contributed by atoms with Crippen molar-refractivity contribution in [3.63, 3.8) is 0 Å². The van der Waals surface area contributed by atoms with Crippen LogP contribution in [0.15, 0.2) is 66.1 Å². The number of H-pyrrole nitrogens is 1. The Bertz CT molecular complexity index is 969. The zero-order chi connectivity index (χ0) is 17.6. The number of rotatable bonds is 7. The van der Waals surface area contributed by atoms with Crippen molar-refractivity contribution in [1.82, 2.24) is 30.7 Å². The first-order valence-electron chi connectivity index (χ1n) is 8.38. The lowest BCUT2D eigenvalue weighted by Crippen LogP contribution is -2.16. The zero-order valence-electron chi connectivity index (χ0n) is 14.1. The van der Waals surface area contributed by atoms with Crippen molar-refractivity contribution in [2.75, 3.05) is 12.3 Å². The van der Waals surface area contributed by atoms with Crippen molar-refractivity contribution in [1.29, 1.82) is 0 Å². The van der Waals surface area contributed by atoms with Crippen molar-refractivity contribution >= 4 is 22.5 Å². The molecule has 0 aliphatic carbocycles. The van der Waals surface area contributed by atoms with Crippen molar-refractivity contribution in [2.24, 2.45) is 0 Å². The maximum atomic E-state index is 4.52. The molecule has 0 amide bonds.